The maximum absolute atomic E-state index is 12.6. The van der Waals surface area contributed by atoms with Crippen molar-refractivity contribution >= 4 is 11.9 Å². The van der Waals surface area contributed by atoms with Crippen molar-refractivity contribution in [2.75, 3.05) is 7.05 Å². The van der Waals surface area contributed by atoms with Crippen LogP contribution in [0.3, 0.4) is 0 Å². The number of hydrogen-bond acceptors (Lipinski definition) is 3. The Hall–Kier alpha value is -2.69. The van der Waals surface area contributed by atoms with E-state index in [0.29, 0.717) is 5.69 Å². The third kappa shape index (κ3) is 3.56. The normalized spacial score (nSPS) is 11.8. The summed E-state index contributed by atoms with van der Waals surface area (Å²) in [6, 6.07) is 10.8. The van der Waals surface area contributed by atoms with E-state index < -0.39 is 5.97 Å². The second kappa shape index (κ2) is 6.60. The van der Waals surface area contributed by atoms with Crippen molar-refractivity contribution in [1.29, 1.82) is 0 Å². The van der Waals surface area contributed by atoms with Gasteiger partial charge in [0.05, 0.1) is 17.3 Å². The number of amides is 1. The number of carbonyl (C=O) groups excluding carboxylic acids is 1. The molecule has 2 aromatic rings. The van der Waals surface area contributed by atoms with Gasteiger partial charge in [-0.3, -0.25) is 4.79 Å². The Morgan fingerprint density at radius 1 is 1.09 bits per heavy atom. The fourth-order valence-electron chi connectivity index (χ4n) is 2.33. The molecule has 1 aromatic carbocycles. The van der Waals surface area contributed by atoms with E-state index in [4.69, 9.17) is 5.11 Å². The SMILES string of the molecule is Cc1ccc(C(C)N(C)C(=O)c2ccc(C(=O)O)c(C)n2)cc1. The lowest BCUT2D eigenvalue weighted by Gasteiger charge is -2.25. The topological polar surface area (TPSA) is 70.5 Å². The number of rotatable bonds is 4. The Kier molecular flexibility index (Phi) is 4.79. The molecule has 0 radical (unpaired) electrons. The highest BCUT2D eigenvalue weighted by Gasteiger charge is 2.21. The number of carbonyl (C=O) groups is 2. The van der Waals surface area contributed by atoms with E-state index in [1.54, 1.807) is 18.9 Å². The number of aryl methyl sites for hydroxylation is 2. The van der Waals surface area contributed by atoms with Crippen molar-refractivity contribution in [3.05, 3.63) is 64.5 Å². The average Bonchev–Trinajstić information content (AvgIpc) is 2.53. The summed E-state index contributed by atoms with van der Waals surface area (Å²) in [5.41, 5.74) is 2.88. The summed E-state index contributed by atoms with van der Waals surface area (Å²) in [5.74, 6) is -1.28. The van der Waals surface area contributed by atoms with Crippen LogP contribution in [0.2, 0.25) is 0 Å². The third-order valence-electron chi connectivity index (χ3n) is 4.00. The quantitative estimate of drug-likeness (QED) is 0.941. The Labute approximate surface area is 135 Å². The van der Waals surface area contributed by atoms with Gasteiger partial charge >= 0.3 is 5.97 Å². The minimum Gasteiger partial charge on any atom is -0.478 e. The first kappa shape index (κ1) is 16.7. The van der Waals surface area contributed by atoms with Crippen LogP contribution >= 0.6 is 0 Å². The highest BCUT2D eigenvalue weighted by atomic mass is 16.4. The number of carboxylic acids is 1. The molecule has 0 aliphatic heterocycles. The molecular weight excluding hydrogens is 292 g/mol. The van der Waals surface area contributed by atoms with Crippen molar-refractivity contribution in [3.63, 3.8) is 0 Å². The molecular formula is C18H20N2O3. The summed E-state index contributed by atoms with van der Waals surface area (Å²) in [5, 5.41) is 9.03. The molecule has 5 heteroatoms. The van der Waals surface area contributed by atoms with Crippen molar-refractivity contribution in [1.82, 2.24) is 9.88 Å². The summed E-state index contributed by atoms with van der Waals surface area (Å²) in [4.78, 5) is 29.3. The number of aromatic carboxylic acids is 1. The van der Waals surface area contributed by atoms with E-state index in [1.165, 1.54) is 12.1 Å². The molecule has 1 N–H and O–H groups in total. The van der Waals surface area contributed by atoms with Crippen molar-refractivity contribution < 1.29 is 14.7 Å². The lowest BCUT2D eigenvalue weighted by molar-refractivity contribution is 0.0690. The zero-order chi connectivity index (χ0) is 17.1. The third-order valence-corrected chi connectivity index (χ3v) is 4.00. The van der Waals surface area contributed by atoms with E-state index >= 15 is 0 Å². The van der Waals surface area contributed by atoms with E-state index in [1.807, 2.05) is 38.1 Å². The molecule has 0 spiro atoms. The Balaban J connectivity index is 2.23. The molecule has 1 amide bonds. The van der Waals surface area contributed by atoms with Gasteiger partial charge in [-0.05, 0) is 38.5 Å². The standard InChI is InChI=1S/C18H20N2O3/c1-11-5-7-14(8-6-11)13(3)20(4)17(21)16-10-9-15(18(22)23)12(2)19-16/h5-10,13H,1-4H3,(H,22,23). The number of hydrogen-bond donors (Lipinski definition) is 1. The Bertz CT molecular complexity index is 738. The zero-order valence-electron chi connectivity index (χ0n) is 13.7. The molecule has 23 heavy (non-hydrogen) atoms. The van der Waals surface area contributed by atoms with Gasteiger partial charge in [-0.1, -0.05) is 29.8 Å². The molecule has 120 valence electrons. The van der Waals surface area contributed by atoms with Gasteiger partial charge in [0.15, 0.2) is 0 Å². The molecule has 5 nitrogen and oxygen atoms in total. The van der Waals surface area contributed by atoms with Crippen LogP contribution in [0.15, 0.2) is 36.4 Å². The van der Waals surface area contributed by atoms with Gasteiger partial charge < -0.3 is 10.0 Å². The second-order valence-corrected chi connectivity index (χ2v) is 5.64. The molecule has 2 rings (SSSR count). The fourth-order valence-corrected chi connectivity index (χ4v) is 2.33. The number of pyridine rings is 1. The van der Waals surface area contributed by atoms with Gasteiger partial charge in [-0.2, -0.15) is 0 Å². The molecule has 1 unspecified atom stereocenters. The van der Waals surface area contributed by atoms with E-state index in [2.05, 4.69) is 4.98 Å². The van der Waals surface area contributed by atoms with Crippen molar-refractivity contribution in [3.8, 4) is 0 Å². The Morgan fingerprint density at radius 2 is 1.70 bits per heavy atom. The summed E-state index contributed by atoms with van der Waals surface area (Å²) in [6.07, 6.45) is 0. The highest BCUT2D eigenvalue weighted by molar-refractivity contribution is 5.94. The number of benzene rings is 1. The molecule has 0 bridgehead atoms. The van der Waals surface area contributed by atoms with Gasteiger partial charge in [0, 0.05) is 7.05 Å². The molecule has 0 aliphatic rings. The minimum absolute atomic E-state index is 0.107. The van der Waals surface area contributed by atoms with Crippen LogP contribution in [-0.2, 0) is 0 Å². The molecule has 0 saturated heterocycles. The first-order chi connectivity index (χ1) is 10.8. The van der Waals surface area contributed by atoms with Crippen LogP contribution < -0.4 is 0 Å². The van der Waals surface area contributed by atoms with E-state index in [0.717, 1.165) is 11.1 Å². The molecule has 1 aromatic heterocycles. The molecule has 1 atom stereocenters. The second-order valence-electron chi connectivity index (χ2n) is 5.64. The molecule has 0 aliphatic carbocycles. The first-order valence-electron chi connectivity index (χ1n) is 7.36. The number of aromatic nitrogens is 1. The van der Waals surface area contributed by atoms with Crippen LogP contribution in [0, 0.1) is 13.8 Å². The lowest BCUT2D eigenvalue weighted by atomic mass is 10.1. The largest absolute Gasteiger partial charge is 0.478 e. The number of nitrogens with zero attached hydrogens (tertiary/aromatic N) is 2. The predicted octanol–water partition coefficient (Wildman–Crippen LogP) is 3.23. The van der Waals surface area contributed by atoms with Crippen molar-refractivity contribution in [2.24, 2.45) is 0 Å². The summed E-state index contributed by atoms with van der Waals surface area (Å²) in [7, 11) is 1.72. The minimum atomic E-state index is -1.05. The molecule has 0 fully saturated rings. The van der Waals surface area contributed by atoms with Gasteiger partial charge in [0.1, 0.15) is 5.69 Å². The van der Waals surface area contributed by atoms with Crippen LogP contribution in [0.25, 0.3) is 0 Å². The molecule has 1 heterocycles. The first-order valence-corrected chi connectivity index (χ1v) is 7.36. The predicted molar refractivity (Wildman–Crippen MR) is 87.6 cm³/mol. The van der Waals surface area contributed by atoms with Gasteiger partial charge in [-0.15, -0.1) is 0 Å². The van der Waals surface area contributed by atoms with Gasteiger partial charge in [0.25, 0.3) is 5.91 Å². The highest BCUT2D eigenvalue weighted by Crippen LogP contribution is 2.21. The van der Waals surface area contributed by atoms with Crippen molar-refractivity contribution in [2.45, 2.75) is 26.8 Å². The van der Waals surface area contributed by atoms with Gasteiger partial charge in [0.2, 0.25) is 0 Å². The summed E-state index contributed by atoms with van der Waals surface area (Å²) < 4.78 is 0. The molecule has 0 saturated carbocycles. The smallest absolute Gasteiger partial charge is 0.337 e. The maximum Gasteiger partial charge on any atom is 0.337 e. The monoisotopic (exact) mass is 312 g/mol. The lowest BCUT2D eigenvalue weighted by Crippen LogP contribution is -2.30. The van der Waals surface area contributed by atoms with Crippen LogP contribution in [-0.4, -0.2) is 33.9 Å². The number of carboxylic acid groups (broad SMARTS) is 1. The van der Waals surface area contributed by atoms with E-state index in [-0.39, 0.29) is 23.2 Å². The van der Waals surface area contributed by atoms with Crippen LogP contribution in [0.5, 0.6) is 0 Å². The summed E-state index contributed by atoms with van der Waals surface area (Å²) >= 11 is 0. The summed E-state index contributed by atoms with van der Waals surface area (Å²) in [6.45, 7) is 5.55. The zero-order valence-corrected chi connectivity index (χ0v) is 13.7. The van der Waals surface area contributed by atoms with Crippen LogP contribution in [0.4, 0.5) is 0 Å². The average molecular weight is 312 g/mol. The fraction of sp³-hybridized carbons (Fsp3) is 0.278. The maximum atomic E-state index is 12.6. The Morgan fingerprint density at radius 3 is 2.22 bits per heavy atom. The van der Waals surface area contributed by atoms with E-state index in [9.17, 15) is 9.59 Å². The van der Waals surface area contributed by atoms with Gasteiger partial charge in [-0.25, -0.2) is 9.78 Å². The van der Waals surface area contributed by atoms with Crippen LogP contribution in [0.1, 0.15) is 50.6 Å².